The lowest BCUT2D eigenvalue weighted by Crippen LogP contribution is -2.44. The van der Waals surface area contributed by atoms with Gasteiger partial charge in [-0.2, -0.15) is 13.2 Å². The molecule has 5 rings (SSSR count). The van der Waals surface area contributed by atoms with Crippen molar-refractivity contribution >= 4 is 17.2 Å². The average molecular weight is 534 g/mol. The maximum Gasteiger partial charge on any atom is 0.451 e. The zero-order chi connectivity index (χ0) is 26.4. The van der Waals surface area contributed by atoms with Crippen LogP contribution in [0.25, 0.3) is 10.6 Å². The van der Waals surface area contributed by atoms with E-state index >= 15 is 0 Å². The molecular formula is C25H26F3N5O3S. The van der Waals surface area contributed by atoms with E-state index in [1.54, 1.807) is 25.3 Å². The number of hydrogen-bond donors (Lipinski definition) is 1. The minimum Gasteiger partial charge on any atom is -0.490 e. The maximum atomic E-state index is 13.2. The first kappa shape index (κ1) is 25.6. The summed E-state index contributed by atoms with van der Waals surface area (Å²) in [6.07, 6.45) is 0.163. The van der Waals surface area contributed by atoms with Gasteiger partial charge in [0.2, 0.25) is 5.82 Å². The number of rotatable bonds is 7. The molecule has 2 bridgehead atoms. The number of nitrogens with one attached hydrogen (secondary N) is 1. The van der Waals surface area contributed by atoms with Crippen molar-refractivity contribution in [2.75, 3.05) is 26.8 Å². The van der Waals surface area contributed by atoms with E-state index < -0.39 is 23.9 Å². The summed E-state index contributed by atoms with van der Waals surface area (Å²) in [5, 5.41) is 3.55. The third-order valence-corrected chi connectivity index (χ3v) is 7.62. The number of aromatic nitrogens is 3. The van der Waals surface area contributed by atoms with Crippen molar-refractivity contribution in [3.63, 3.8) is 0 Å². The highest BCUT2D eigenvalue weighted by atomic mass is 32.1. The van der Waals surface area contributed by atoms with Gasteiger partial charge in [0, 0.05) is 52.7 Å². The molecule has 2 fully saturated rings. The number of aryl methyl sites for hydroxylation is 1. The summed E-state index contributed by atoms with van der Waals surface area (Å²) in [7, 11) is 2.08. The molecule has 3 atom stereocenters. The number of nitrogens with zero attached hydrogens (tertiary/aromatic N) is 4. The summed E-state index contributed by atoms with van der Waals surface area (Å²) in [6, 6.07) is 4.99. The number of morpholine rings is 1. The largest absolute Gasteiger partial charge is 0.490 e. The van der Waals surface area contributed by atoms with E-state index in [0.29, 0.717) is 36.1 Å². The first-order valence-corrected chi connectivity index (χ1v) is 12.6. The predicted molar refractivity (Wildman–Crippen MR) is 130 cm³/mol. The summed E-state index contributed by atoms with van der Waals surface area (Å²) < 4.78 is 50.5. The fourth-order valence-electron chi connectivity index (χ4n) is 4.65. The number of halogens is 3. The molecule has 8 nitrogen and oxygen atoms in total. The SMILES string of the molecule is Cc1cnc(-c2cc(OCC34CC(CO3)N(C)C4)cc(C(=O)NC(C)c3cnc(C(F)(F)F)nc3)c2)s1. The van der Waals surface area contributed by atoms with Crippen LogP contribution in [0.15, 0.2) is 36.8 Å². The first-order valence-electron chi connectivity index (χ1n) is 11.8. The molecule has 3 unspecified atom stereocenters. The van der Waals surface area contributed by atoms with E-state index in [1.807, 2.05) is 13.0 Å². The van der Waals surface area contributed by atoms with Crippen LogP contribution in [0.4, 0.5) is 13.2 Å². The number of benzene rings is 1. The summed E-state index contributed by atoms with van der Waals surface area (Å²) >= 11 is 1.50. The Labute approximate surface area is 215 Å². The van der Waals surface area contributed by atoms with E-state index in [2.05, 4.69) is 32.2 Å². The Morgan fingerprint density at radius 1 is 1.27 bits per heavy atom. The number of carbonyl (C=O) groups is 1. The second kappa shape index (κ2) is 9.66. The van der Waals surface area contributed by atoms with Gasteiger partial charge in [-0.15, -0.1) is 11.3 Å². The second-order valence-corrected chi connectivity index (χ2v) is 10.8. The molecule has 1 aromatic carbocycles. The van der Waals surface area contributed by atoms with Gasteiger partial charge >= 0.3 is 6.18 Å². The third kappa shape index (κ3) is 5.46. The van der Waals surface area contributed by atoms with Crippen molar-refractivity contribution in [3.05, 3.63) is 58.6 Å². The van der Waals surface area contributed by atoms with Crippen molar-refractivity contribution in [3.8, 4) is 16.3 Å². The Bertz CT molecular complexity index is 1300. The lowest BCUT2D eigenvalue weighted by molar-refractivity contribution is -0.145. The van der Waals surface area contributed by atoms with Crippen LogP contribution in [-0.4, -0.2) is 64.2 Å². The number of thiazole rings is 1. The third-order valence-electron chi connectivity index (χ3n) is 6.66. The van der Waals surface area contributed by atoms with Gasteiger partial charge < -0.3 is 14.8 Å². The molecule has 12 heteroatoms. The highest BCUT2D eigenvalue weighted by molar-refractivity contribution is 7.14. The molecule has 4 heterocycles. The molecule has 196 valence electrons. The van der Waals surface area contributed by atoms with Crippen LogP contribution in [0.5, 0.6) is 5.75 Å². The lowest BCUT2D eigenvalue weighted by atomic mass is 10.0. The average Bonchev–Trinajstić information content (AvgIpc) is 3.57. The summed E-state index contributed by atoms with van der Waals surface area (Å²) in [4.78, 5) is 27.7. The lowest BCUT2D eigenvalue weighted by Gasteiger charge is -2.30. The molecule has 37 heavy (non-hydrogen) atoms. The maximum absolute atomic E-state index is 13.2. The van der Waals surface area contributed by atoms with Crippen LogP contribution in [0.2, 0.25) is 0 Å². The molecule has 0 saturated carbocycles. The molecule has 2 aromatic heterocycles. The molecule has 0 aliphatic carbocycles. The van der Waals surface area contributed by atoms with Gasteiger partial charge in [-0.05, 0) is 45.5 Å². The standard InChI is InChI=1S/C25H26F3N5O3S/c1-14-8-29-22(37-14)17-4-16(5-20(6-17)35-13-24-7-19(11-36-24)33(3)12-24)21(34)32-15(2)18-9-30-23(31-10-18)25(26,27)28/h4-6,8-10,15,19H,7,11-13H2,1-3H3,(H,32,34). The number of likely N-dealkylation sites (N-methyl/N-ethyl adjacent to an activating group) is 1. The topological polar surface area (TPSA) is 89.5 Å². The number of carbonyl (C=O) groups excluding carboxylic acids is 1. The van der Waals surface area contributed by atoms with Gasteiger partial charge in [0.05, 0.1) is 12.6 Å². The van der Waals surface area contributed by atoms with Crippen molar-refractivity contribution in [1.82, 2.24) is 25.2 Å². The molecule has 0 radical (unpaired) electrons. The van der Waals surface area contributed by atoms with Crippen molar-refractivity contribution in [2.24, 2.45) is 0 Å². The van der Waals surface area contributed by atoms with E-state index in [4.69, 9.17) is 9.47 Å². The number of likely N-dealkylation sites (tertiary alicyclic amines) is 1. The Morgan fingerprint density at radius 2 is 2.03 bits per heavy atom. The number of amides is 1. The molecule has 1 N–H and O–H groups in total. The van der Waals surface area contributed by atoms with Gasteiger partial charge in [-0.3, -0.25) is 9.69 Å². The van der Waals surface area contributed by atoms with Crippen LogP contribution in [0.1, 0.15) is 46.0 Å². The van der Waals surface area contributed by atoms with Gasteiger partial charge in [0.25, 0.3) is 5.91 Å². The normalized spacial score (nSPS) is 22.3. The molecule has 0 spiro atoms. The smallest absolute Gasteiger partial charge is 0.451 e. The molecule has 1 amide bonds. The number of alkyl halides is 3. The van der Waals surface area contributed by atoms with Gasteiger partial charge in [-0.1, -0.05) is 0 Å². The molecule has 2 aliphatic heterocycles. The monoisotopic (exact) mass is 533 g/mol. The van der Waals surface area contributed by atoms with Crippen LogP contribution in [0.3, 0.4) is 0 Å². The first-order chi connectivity index (χ1) is 17.5. The van der Waals surface area contributed by atoms with Crippen LogP contribution < -0.4 is 10.1 Å². The Morgan fingerprint density at radius 3 is 2.62 bits per heavy atom. The quantitative estimate of drug-likeness (QED) is 0.485. The summed E-state index contributed by atoms with van der Waals surface area (Å²) in [5.41, 5.74) is 1.05. The predicted octanol–water partition coefficient (Wildman–Crippen LogP) is 4.27. The highest BCUT2D eigenvalue weighted by Gasteiger charge is 2.50. The van der Waals surface area contributed by atoms with Gasteiger partial charge in [-0.25, -0.2) is 15.0 Å². The minimum atomic E-state index is -4.63. The summed E-state index contributed by atoms with van der Waals surface area (Å²) in [6.45, 7) is 5.42. The van der Waals surface area contributed by atoms with Crippen LogP contribution >= 0.6 is 11.3 Å². The fourth-order valence-corrected chi connectivity index (χ4v) is 5.41. The number of fused-ring (bicyclic) bond motifs is 2. The van der Waals surface area contributed by atoms with E-state index in [0.717, 1.165) is 40.8 Å². The minimum absolute atomic E-state index is 0.339. The fraction of sp³-hybridized carbons (Fsp3) is 0.440. The Balaban J connectivity index is 1.36. The van der Waals surface area contributed by atoms with Crippen LogP contribution in [0, 0.1) is 6.92 Å². The second-order valence-electron chi connectivity index (χ2n) is 9.61. The zero-order valence-electron chi connectivity index (χ0n) is 20.5. The van der Waals surface area contributed by atoms with Crippen LogP contribution in [-0.2, 0) is 10.9 Å². The Kier molecular flexibility index (Phi) is 6.67. The molecular weight excluding hydrogens is 507 g/mol. The van der Waals surface area contributed by atoms with Crippen molar-refractivity contribution in [2.45, 2.75) is 44.1 Å². The van der Waals surface area contributed by atoms with E-state index in [1.165, 1.54) is 11.3 Å². The molecule has 2 saturated heterocycles. The Hall–Kier alpha value is -3.09. The number of ether oxygens (including phenoxy) is 2. The zero-order valence-corrected chi connectivity index (χ0v) is 21.3. The van der Waals surface area contributed by atoms with Gasteiger partial charge in [0.15, 0.2) is 0 Å². The summed E-state index contributed by atoms with van der Waals surface area (Å²) in [5.74, 6) is -1.13. The van der Waals surface area contributed by atoms with Crippen molar-refractivity contribution < 1.29 is 27.4 Å². The van der Waals surface area contributed by atoms with Gasteiger partial charge in [0.1, 0.15) is 23.0 Å². The van der Waals surface area contributed by atoms with Crippen molar-refractivity contribution in [1.29, 1.82) is 0 Å². The number of hydrogen-bond acceptors (Lipinski definition) is 8. The highest BCUT2D eigenvalue weighted by Crippen LogP contribution is 2.37. The van der Waals surface area contributed by atoms with E-state index in [-0.39, 0.29) is 5.60 Å². The molecule has 3 aromatic rings. The molecule has 2 aliphatic rings. The van der Waals surface area contributed by atoms with E-state index in [9.17, 15) is 18.0 Å².